The van der Waals surface area contributed by atoms with Crippen molar-refractivity contribution in [2.24, 2.45) is 29.4 Å². The van der Waals surface area contributed by atoms with E-state index in [1.165, 1.54) is 51.4 Å². The molecule has 2 N–H and O–H groups in total. The molecule has 2 aliphatic carbocycles. The molecule has 2 nitrogen and oxygen atoms in total. The Bertz CT molecular complexity index is 275. The van der Waals surface area contributed by atoms with Gasteiger partial charge in [0.25, 0.3) is 0 Å². The second kappa shape index (κ2) is 7.79. The molecule has 0 aliphatic heterocycles. The highest BCUT2D eigenvalue weighted by Gasteiger charge is 2.36. The minimum Gasteiger partial charge on any atom is -0.377 e. The van der Waals surface area contributed by atoms with Gasteiger partial charge in [0.05, 0.1) is 6.10 Å². The predicted octanol–water partition coefficient (Wildman–Crippen LogP) is 4.37. The molecule has 0 amide bonds. The highest BCUT2D eigenvalue weighted by Crippen LogP contribution is 2.38. The first-order chi connectivity index (χ1) is 9.63. The predicted molar refractivity (Wildman–Crippen MR) is 85.6 cm³/mol. The molecule has 0 aromatic heterocycles. The van der Waals surface area contributed by atoms with Crippen molar-refractivity contribution in [1.29, 1.82) is 0 Å². The van der Waals surface area contributed by atoms with Gasteiger partial charge in [-0.2, -0.15) is 0 Å². The highest BCUT2D eigenvalue weighted by atomic mass is 16.5. The fourth-order valence-corrected chi connectivity index (χ4v) is 4.42. The van der Waals surface area contributed by atoms with Crippen LogP contribution in [0.1, 0.15) is 72.1 Å². The van der Waals surface area contributed by atoms with E-state index < -0.39 is 0 Å². The van der Waals surface area contributed by atoms with E-state index in [9.17, 15) is 0 Å². The lowest BCUT2D eigenvalue weighted by atomic mass is 9.70. The highest BCUT2D eigenvalue weighted by molar-refractivity contribution is 4.90. The van der Waals surface area contributed by atoms with Gasteiger partial charge in [-0.3, -0.25) is 0 Å². The van der Waals surface area contributed by atoms with Gasteiger partial charge in [0, 0.05) is 12.6 Å². The molecule has 2 saturated carbocycles. The van der Waals surface area contributed by atoms with E-state index in [1.807, 2.05) is 0 Å². The summed E-state index contributed by atoms with van der Waals surface area (Å²) in [5.74, 6) is 3.10. The summed E-state index contributed by atoms with van der Waals surface area (Å²) in [5, 5.41) is 0. The van der Waals surface area contributed by atoms with E-state index in [4.69, 9.17) is 10.5 Å². The van der Waals surface area contributed by atoms with E-state index >= 15 is 0 Å². The van der Waals surface area contributed by atoms with E-state index in [0.717, 1.165) is 18.4 Å². The third-order valence-electron chi connectivity index (χ3n) is 6.04. The van der Waals surface area contributed by atoms with E-state index in [2.05, 4.69) is 20.8 Å². The van der Waals surface area contributed by atoms with Crippen LogP contribution in [0.25, 0.3) is 0 Å². The van der Waals surface area contributed by atoms with Crippen LogP contribution in [0.15, 0.2) is 0 Å². The van der Waals surface area contributed by atoms with Crippen LogP contribution in [0.3, 0.4) is 0 Å². The first-order valence-corrected chi connectivity index (χ1v) is 9.00. The molecule has 5 unspecified atom stereocenters. The second-order valence-corrected chi connectivity index (χ2v) is 7.42. The van der Waals surface area contributed by atoms with Gasteiger partial charge in [-0.25, -0.2) is 0 Å². The van der Waals surface area contributed by atoms with Crippen LogP contribution in [-0.2, 0) is 4.74 Å². The van der Waals surface area contributed by atoms with Crippen LogP contribution in [0.4, 0.5) is 0 Å². The zero-order chi connectivity index (χ0) is 14.5. The lowest BCUT2D eigenvalue weighted by Gasteiger charge is -2.41. The molecule has 0 aromatic rings. The van der Waals surface area contributed by atoms with Crippen molar-refractivity contribution in [3.8, 4) is 0 Å². The summed E-state index contributed by atoms with van der Waals surface area (Å²) in [4.78, 5) is 0. The molecule has 2 heteroatoms. The molecular formula is C18H35NO. The van der Waals surface area contributed by atoms with Crippen LogP contribution >= 0.6 is 0 Å². The van der Waals surface area contributed by atoms with Crippen LogP contribution in [-0.4, -0.2) is 18.8 Å². The average molecular weight is 281 g/mol. The Morgan fingerprint density at radius 2 is 1.65 bits per heavy atom. The zero-order valence-electron chi connectivity index (χ0n) is 13.8. The number of rotatable bonds is 5. The van der Waals surface area contributed by atoms with Crippen molar-refractivity contribution in [2.45, 2.75) is 84.3 Å². The Labute approximate surface area is 125 Å². The molecular weight excluding hydrogens is 246 g/mol. The molecule has 2 rings (SSSR count). The molecule has 0 aromatic carbocycles. The first kappa shape index (κ1) is 16.3. The first-order valence-electron chi connectivity index (χ1n) is 9.00. The maximum absolute atomic E-state index is 6.69. The minimum atomic E-state index is 0.257. The minimum absolute atomic E-state index is 0.257. The van der Waals surface area contributed by atoms with Crippen molar-refractivity contribution in [1.82, 2.24) is 0 Å². The summed E-state index contributed by atoms with van der Waals surface area (Å²) in [6.07, 6.45) is 11.1. The van der Waals surface area contributed by atoms with Gasteiger partial charge in [0.15, 0.2) is 0 Å². The van der Waals surface area contributed by atoms with Crippen molar-refractivity contribution in [3.63, 3.8) is 0 Å². The molecule has 118 valence electrons. The zero-order valence-corrected chi connectivity index (χ0v) is 13.8. The average Bonchev–Trinajstić information content (AvgIpc) is 2.48. The molecule has 5 atom stereocenters. The van der Waals surface area contributed by atoms with Crippen molar-refractivity contribution < 1.29 is 4.74 Å². The maximum atomic E-state index is 6.69. The van der Waals surface area contributed by atoms with Gasteiger partial charge < -0.3 is 10.5 Å². The number of hydrogen-bond acceptors (Lipinski definition) is 2. The molecule has 2 aliphatic rings. The fourth-order valence-electron chi connectivity index (χ4n) is 4.42. The Hall–Kier alpha value is -0.0800. The topological polar surface area (TPSA) is 35.2 Å². The van der Waals surface area contributed by atoms with Gasteiger partial charge in [0.2, 0.25) is 0 Å². The van der Waals surface area contributed by atoms with Crippen molar-refractivity contribution in [2.75, 3.05) is 6.61 Å². The summed E-state index contributed by atoms with van der Waals surface area (Å²) in [7, 11) is 0. The Morgan fingerprint density at radius 3 is 2.25 bits per heavy atom. The lowest BCUT2D eigenvalue weighted by molar-refractivity contribution is -0.0297. The van der Waals surface area contributed by atoms with Crippen molar-refractivity contribution >= 4 is 0 Å². The van der Waals surface area contributed by atoms with Gasteiger partial charge in [-0.15, -0.1) is 0 Å². The van der Waals surface area contributed by atoms with Gasteiger partial charge in [-0.05, 0) is 56.3 Å². The van der Waals surface area contributed by atoms with Crippen LogP contribution < -0.4 is 5.73 Å². The summed E-state index contributed by atoms with van der Waals surface area (Å²) in [6, 6.07) is 0.257. The van der Waals surface area contributed by atoms with Crippen LogP contribution in [0, 0.1) is 23.7 Å². The third kappa shape index (κ3) is 3.98. The Morgan fingerprint density at radius 1 is 0.950 bits per heavy atom. The van der Waals surface area contributed by atoms with Crippen molar-refractivity contribution in [3.05, 3.63) is 0 Å². The quantitative estimate of drug-likeness (QED) is 0.812. The smallest absolute Gasteiger partial charge is 0.0756 e. The molecule has 0 spiro atoms. The Kier molecular flexibility index (Phi) is 6.35. The lowest BCUT2D eigenvalue weighted by Crippen LogP contribution is -2.49. The largest absolute Gasteiger partial charge is 0.377 e. The van der Waals surface area contributed by atoms with E-state index in [-0.39, 0.29) is 6.04 Å². The molecule has 20 heavy (non-hydrogen) atoms. The van der Waals surface area contributed by atoms with Gasteiger partial charge >= 0.3 is 0 Å². The second-order valence-electron chi connectivity index (χ2n) is 7.42. The summed E-state index contributed by atoms with van der Waals surface area (Å²) in [6.45, 7) is 7.73. The van der Waals surface area contributed by atoms with Gasteiger partial charge in [-0.1, -0.05) is 39.5 Å². The molecule has 0 radical (unpaired) electrons. The summed E-state index contributed by atoms with van der Waals surface area (Å²) >= 11 is 0. The van der Waals surface area contributed by atoms with E-state index in [1.54, 1.807) is 0 Å². The molecule has 0 bridgehead atoms. The molecule has 0 heterocycles. The monoisotopic (exact) mass is 281 g/mol. The number of nitrogens with two attached hydrogens (primary N) is 1. The number of ether oxygens (including phenoxy) is 1. The molecule has 0 saturated heterocycles. The normalized spacial score (nSPS) is 35.7. The SMILES string of the molecule is CCOC(C1CCCCC1)C(N)C1CCC(C)C(C)C1. The molecule has 2 fully saturated rings. The third-order valence-corrected chi connectivity index (χ3v) is 6.04. The standard InChI is InChI=1S/C18H35NO/c1-4-20-18(15-8-6-5-7-9-15)17(19)16-11-10-13(2)14(3)12-16/h13-18H,4-12,19H2,1-3H3. The van der Waals surface area contributed by atoms with Crippen LogP contribution in [0.5, 0.6) is 0 Å². The van der Waals surface area contributed by atoms with Gasteiger partial charge in [0.1, 0.15) is 0 Å². The summed E-state index contributed by atoms with van der Waals surface area (Å²) < 4.78 is 6.13. The fraction of sp³-hybridized carbons (Fsp3) is 1.00. The number of hydrogen-bond donors (Lipinski definition) is 1. The van der Waals surface area contributed by atoms with E-state index in [0.29, 0.717) is 17.9 Å². The maximum Gasteiger partial charge on any atom is 0.0756 e. The van der Waals surface area contributed by atoms with Crippen LogP contribution in [0.2, 0.25) is 0 Å². The Balaban J connectivity index is 1.96. The summed E-state index contributed by atoms with van der Waals surface area (Å²) in [5.41, 5.74) is 6.69.